The van der Waals surface area contributed by atoms with Gasteiger partial charge in [0.1, 0.15) is 0 Å². The number of nitrogens with two attached hydrogens (primary N) is 1. The number of benzene rings is 1. The highest BCUT2D eigenvalue weighted by molar-refractivity contribution is 7.97. The molecular weight excluding hydrogens is 398 g/mol. The molecule has 3 atom stereocenters. The minimum atomic E-state index is 0.294. The molecule has 0 aromatic heterocycles. The molecular formula is C27H41N3S. The molecule has 2 saturated heterocycles. The van der Waals surface area contributed by atoms with E-state index < -0.39 is 0 Å². The molecule has 0 saturated carbocycles. The lowest BCUT2D eigenvalue weighted by Crippen LogP contribution is -2.47. The summed E-state index contributed by atoms with van der Waals surface area (Å²) in [6.07, 6.45) is 18.3. The van der Waals surface area contributed by atoms with Crippen LogP contribution in [0, 0.1) is 0 Å². The van der Waals surface area contributed by atoms with E-state index in [-0.39, 0.29) is 0 Å². The highest BCUT2D eigenvalue weighted by Crippen LogP contribution is 2.38. The van der Waals surface area contributed by atoms with Crippen LogP contribution in [0.5, 0.6) is 0 Å². The van der Waals surface area contributed by atoms with Crippen LogP contribution in [0.1, 0.15) is 69.3 Å². The first-order chi connectivity index (χ1) is 15.3. The van der Waals surface area contributed by atoms with E-state index >= 15 is 0 Å². The topological polar surface area (TPSA) is 32.5 Å². The fraction of sp³-hybridized carbons (Fsp3) is 0.630. The fourth-order valence-electron chi connectivity index (χ4n) is 5.34. The normalized spacial score (nSPS) is 26.5. The molecule has 1 aliphatic carbocycles. The molecule has 2 N–H and O–H groups in total. The molecule has 4 rings (SSSR count). The molecule has 2 aliphatic heterocycles. The van der Waals surface area contributed by atoms with Crippen molar-refractivity contribution < 1.29 is 0 Å². The average Bonchev–Trinajstić information content (AvgIpc) is 2.81. The molecule has 4 heteroatoms. The van der Waals surface area contributed by atoms with E-state index in [1.807, 2.05) is 0 Å². The summed E-state index contributed by atoms with van der Waals surface area (Å²) in [6, 6.07) is 11.5. The Morgan fingerprint density at radius 2 is 1.87 bits per heavy atom. The maximum absolute atomic E-state index is 6.60. The first-order valence-electron chi connectivity index (χ1n) is 12.6. The van der Waals surface area contributed by atoms with Crippen LogP contribution in [0.4, 0.5) is 0 Å². The second-order valence-corrected chi connectivity index (χ2v) is 10.9. The zero-order valence-electron chi connectivity index (χ0n) is 19.1. The summed E-state index contributed by atoms with van der Waals surface area (Å²) in [4.78, 5) is 2.66. The minimum Gasteiger partial charge on any atom is -0.327 e. The lowest BCUT2D eigenvalue weighted by molar-refractivity contribution is 0.201. The summed E-state index contributed by atoms with van der Waals surface area (Å²) in [7, 11) is 0. The second kappa shape index (κ2) is 12.2. The van der Waals surface area contributed by atoms with E-state index in [2.05, 4.69) is 69.7 Å². The van der Waals surface area contributed by atoms with Crippen molar-refractivity contribution in [2.75, 3.05) is 32.7 Å². The quantitative estimate of drug-likeness (QED) is 0.496. The van der Waals surface area contributed by atoms with E-state index in [1.165, 1.54) is 88.7 Å². The predicted octanol–water partition coefficient (Wildman–Crippen LogP) is 5.75. The summed E-state index contributed by atoms with van der Waals surface area (Å²) in [5.74, 6) is 0.658. The van der Waals surface area contributed by atoms with E-state index in [9.17, 15) is 0 Å². The van der Waals surface area contributed by atoms with Gasteiger partial charge in [-0.05, 0) is 69.4 Å². The zero-order chi connectivity index (χ0) is 21.3. The van der Waals surface area contributed by atoms with Crippen LogP contribution in [0.25, 0.3) is 0 Å². The molecule has 0 amide bonds. The average molecular weight is 440 g/mol. The van der Waals surface area contributed by atoms with Gasteiger partial charge in [-0.15, -0.1) is 0 Å². The first-order valence-corrected chi connectivity index (χ1v) is 13.4. The molecule has 3 unspecified atom stereocenters. The van der Waals surface area contributed by atoms with Crippen molar-refractivity contribution >= 4 is 11.9 Å². The molecule has 2 fully saturated rings. The van der Waals surface area contributed by atoms with Crippen LogP contribution in [0.15, 0.2) is 54.1 Å². The SMILES string of the molecule is NC(CCCC1=CCCC=C1)CN1CCC(c2ccccc2)C(SN2CCCCC2)C1. The highest BCUT2D eigenvalue weighted by atomic mass is 32.2. The van der Waals surface area contributed by atoms with Gasteiger partial charge < -0.3 is 10.6 Å². The largest absolute Gasteiger partial charge is 0.327 e. The number of likely N-dealkylation sites (tertiary alicyclic amines) is 1. The summed E-state index contributed by atoms with van der Waals surface area (Å²) < 4.78 is 2.65. The third-order valence-electron chi connectivity index (χ3n) is 7.08. The molecule has 0 spiro atoms. The van der Waals surface area contributed by atoms with Gasteiger partial charge in [0, 0.05) is 37.5 Å². The Hall–Kier alpha value is -1.07. The Kier molecular flexibility index (Phi) is 9.12. The molecule has 31 heavy (non-hydrogen) atoms. The molecule has 1 aromatic carbocycles. The summed E-state index contributed by atoms with van der Waals surface area (Å²) in [5, 5.41) is 0.638. The van der Waals surface area contributed by atoms with E-state index in [4.69, 9.17) is 5.73 Å². The fourth-order valence-corrected chi connectivity index (χ4v) is 6.91. The van der Waals surface area contributed by atoms with Crippen molar-refractivity contribution in [1.29, 1.82) is 0 Å². The van der Waals surface area contributed by atoms with Crippen molar-refractivity contribution in [3.63, 3.8) is 0 Å². The second-order valence-electron chi connectivity index (χ2n) is 9.61. The van der Waals surface area contributed by atoms with Crippen molar-refractivity contribution in [3.05, 3.63) is 59.7 Å². The standard InChI is InChI=1S/C27H41N3S/c28-25(16-10-13-23-11-4-1-5-12-23)21-29-20-17-26(24-14-6-2-7-15-24)27(22-29)31-30-18-8-3-9-19-30/h2,4,6-7,11-12,14-15,25-27H,1,3,5,8-10,13,16-22,28H2. The number of nitrogens with zero attached hydrogens (tertiary/aromatic N) is 2. The maximum atomic E-state index is 6.60. The highest BCUT2D eigenvalue weighted by Gasteiger charge is 2.33. The number of hydrogen-bond donors (Lipinski definition) is 1. The molecule has 0 radical (unpaired) electrons. The van der Waals surface area contributed by atoms with Gasteiger partial charge in [0.05, 0.1) is 0 Å². The Morgan fingerprint density at radius 3 is 2.65 bits per heavy atom. The number of piperidine rings is 2. The predicted molar refractivity (Wildman–Crippen MR) is 135 cm³/mol. The molecule has 2 heterocycles. The maximum Gasteiger partial charge on any atom is 0.0391 e. The van der Waals surface area contributed by atoms with Crippen LogP contribution in [0.3, 0.4) is 0 Å². The van der Waals surface area contributed by atoms with Gasteiger partial charge in [0.2, 0.25) is 0 Å². The van der Waals surface area contributed by atoms with Crippen LogP contribution < -0.4 is 5.73 Å². The lowest BCUT2D eigenvalue weighted by atomic mass is 9.88. The first kappa shape index (κ1) is 23.1. The monoisotopic (exact) mass is 439 g/mol. The number of rotatable bonds is 9. The van der Waals surface area contributed by atoms with Crippen LogP contribution in [-0.2, 0) is 0 Å². The van der Waals surface area contributed by atoms with E-state index in [0.29, 0.717) is 17.2 Å². The van der Waals surface area contributed by atoms with Crippen molar-refractivity contribution in [3.8, 4) is 0 Å². The van der Waals surface area contributed by atoms with Crippen molar-refractivity contribution in [1.82, 2.24) is 9.21 Å². The minimum absolute atomic E-state index is 0.294. The molecule has 3 nitrogen and oxygen atoms in total. The van der Waals surface area contributed by atoms with Gasteiger partial charge in [-0.1, -0.05) is 72.5 Å². The lowest BCUT2D eigenvalue weighted by Gasteiger charge is -2.41. The summed E-state index contributed by atoms with van der Waals surface area (Å²) >= 11 is 2.15. The van der Waals surface area contributed by atoms with E-state index in [1.54, 1.807) is 0 Å². The van der Waals surface area contributed by atoms with Gasteiger partial charge in [0.15, 0.2) is 0 Å². The van der Waals surface area contributed by atoms with Gasteiger partial charge in [-0.25, -0.2) is 0 Å². The summed E-state index contributed by atoms with van der Waals surface area (Å²) in [6.45, 7) is 5.91. The Labute approximate surface area is 194 Å². The molecule has 170 valence electrons. The number of allylic oxidation sites excluding steroid dienone is 4. The Morgan fingerprint density at radius 1 is 1.03 bits per heavy atom. The van der Waals surface area contributed by atoms with E-state index in [0.717, 1.165) is 13.0 Å². The van der Waals surface area contributed by atoms with Gasteiger partial charge in [0.25, 0.3) is 0 Å². The molecule has 1 aromatic rings. The number of hydrogen-bond acceptors (Lipinski definition) is 4. The molecule has 0 bridgehead atoms. The van der Waals surface area contributed by atoms with Gasteiger partial charge >= 0.3 is 0 Å². The Bertz CT molecular complexity index is 710. The van der Waals surface area contributed by atoms with Crippen molar-refractivity contribution in [2.24, 2.45) is 5.73 Å². The van der Waals surface area contributed by atoms with Gasteiger partial charge in [-0.2, -0.15) is 0 Å². The smallest absolute Gasteiger partial charge is 0.0391 e. The van der Waals surface area contributed by atoms with Crippen molar-refractivity contribution in [2.45, 2.75) is 75.0 Å². The van der Waals surface area contributed by atoms with Crippen LogP contribution >= 0.6 is 11.9 Å². The molecule has 3 aliphatic rings. The zero-order valence-corrected chi connectivity index (χ0v) is 19.9. The van der Waals surface area contributed by atoms with Gasteiger partial charge in [-0.3, -0.25) is 4.31 Å². The third-order valence-corrected chi connectivity index (χ3v) is 8.49. The van der Waals surface area contributed by atoms with Crippen LogP contribution in [0.2, 0.25) is 0 Å². The van der Waals surface area contributed by atoms with Crippen LogP contribution in [-0.4, -0.2) is 53.2 Å². The summed E-state index contributed by atoms with van der Waals surface area (Å²) in [5.41, 5.74) is 9.64. The Balaban J connectivity index is 1.29. The third kappa shape index (κ3) is 7.21.